The Kier molecular flexibility index (Phi) is 2.39. The molecular formula is C12H17N5. The van der Waals surface area contributed by atoms with Crippen molar-refractivity contribution in [3.8, 4) is 11.4 Å². The Hall–Kier alpha value is -1.78. The first-order valence-electron chi connectivity index (χ1n) is 6.16. The van der Waals surface area contributed by atoms with Crippen molar-refractivity contribution in [1.82, 2.24) is 19.1 Å². The fraction of sp³-hybridized carbons (Fsp3) is 0.500. The van der Waals surface area contributed by atoms with Crippen LogP contribution in [0.4, 0.5) is 5.82 Å². The molecule has 0 aromatic carbocycles. The highest BCUT2D eigenvalue weighted by atomic mass is 15.2. The minimum absolute atomic E-state index is 0.787. The van der Waals surface area contributed by atoms with Crippen molar-refractivity contribution in [2.45, 2.75) is 39.3 Å². The summed E-state index contributed by atoms with van der Waals surface area (Å²) in [6.45, 7) is 3.97. The van der Waals surface area contributed by atoms with E-state index in [-0.39, 0.29) is 0 Å². The van der Waals surface area contributed by atoms with Gasteiger partial charge in [-0.3, -0.25) is 0 Å². The summed E-state index contributed by atoms with van der Waals surface area (Å²) < 4.78 is 4.22. The van der Waals surface area contributed by atoms with Crippen molar-refractivity contribution >= 4 is 5.82 Å². The van der Waals surface area contributed by atoms with Gasteiger partial charge in [0.15, 0.2) is 0 Å². The van der Waals surface area contributed by atoms with Gasteiger partial charge in [0.05, 0.1) is 18.2 Å². The van der Waals surface area contributed by atoms with E-state index < -0.39 is 0 Å². The molecule has 0 saturated carbocycles. The molecular weight excluding hydrogens is 214 g/mol. The molecule has 0 radical (unpaired) electrons. The SMILES string of the molecule is CCn1cncc1-c1nc2n(c1N)CCCC2. The van der Waals surface area contributed by atoms with E-state index in [1.807, 2.05) is 12.5 Å². The number of hydrogen-bond acceptors (Lipinski definition) is 3. The van der Waals surface area contributed by atoms with Crippen LogP contribution in [0.15, 0.2) is 12.5 Å². The predicted molar refractivity (Wildman–Crippen MR) is 66.5 cm³/mol. The summed E-state index contributed by atoms with van der Waals surface area (Å²) >= 11 is 0. The Morgan fingerprint density at radius 1 is 1.41 bits per heavy atom. The van der Waals surface area contributed by atoms with Crippen LogP contribution in [0, 0.1) is 0 Å². The molecule has 17 heavy (non-hydrogen) atoms. The zero-order chi connectivity index (χ0) is 11.8. The largest absolute Gasteiger partial charge is 0.383 e. The number of anilines is 1. The first kappa shape index (κ1) is 10.4. The molecule has 0 unspecified atom stereocenters. The van der Waals surface area contributed by atoms with Crippen molar-refractivity contribution in [2.75, 3.05) is 5.73 Å². The van der Waals surface area contributed by atoms with Gasteiger partial charge in [0.2, 0.25) is 0 Å². The Labute approximate surface area is 100 Å². The summed E-state index contributed by atoms with van der Waals surface area (Å²) in [5, 5.41) is 0. The van der Waals surface area contributed by atoms with Crippen LogP contribution in [0.2, 0.25) is 0 Å². The Balaban J connectivity index is 2.12. The second-order valence-corrected chi connectivity index (χ2v) is 4.44. The maximum atomic E-state index is 6.20. The summed E-state index contributed by atoms with van der Waals surface area (Å²) in [5.74, 6) is 1.91. The maximum absolute atomic E-state index is 6.20. The summed E-state index contributed by atoms with van der Waals surface area (Å²) in [6, 6.07) is 0. The van der Waals surface area contributed by atoms with Crippen LogP contribution in [-0.2, 0) is 19.5 Å². The number of nitrogen functional groups attached to an aromatic ring is 1. The number of imidazole rings is 2. The third kappa shape index (κ3) is 1.53. The lowest BCUT2D eigenvalue weighted by molar-refractivity contribution is 0.527. The summed E-state index contributed by atoms with van der Waals surface area (Å²) in [6.07, 6.45) is 7.11. The van der Waals surface area contributed by atoms with Gasteiger partial charge in [-0.25, -0.2) is 9.97 Å². The zero-order valence-electron chi connectivity index (χ0n) is 10.1. The van der Waals surface area contributed by atoms with Crippen LogP contribution in [0.1, 0.15) is 25.6 Å². The molecule has 2 aromatic rings. The lowest BCUT2D eigenvalue weighted by Crippen LogP contribution is -2.12. The number of aromatic nitrogens is 4. The molecule has 90 valence electrons. The van der Waals surface area contributed by atoms with Crippen molar-refractivity contribution < 1.29 is 0 Å². The normalized spacial score (nSPS) is 14.9. The molecule has 0 spiro atoms. The van der Waals surface area contributed by atoms with Gasteiger partial charge >= 0.3 is 0 Å². The van der Waals surface area contributed by atoms with E-state index in [1.165, 1.54) is 12.8 Å². The number of hydrogen-bond donors (Lipinski definition) is 1. The lowest BCUT2D eigenvalue weighted by Gasteiger charge is -2.14. The van der Waals surface area contributed by atoms with Gasteiger partial charge in [-0.05, 0) is 19.8 Å². The summed E-state index contributed by atoms with van der Waals surface area (Å²) in [5.41, 5.74) is 8.11. The molecule has 0 aliphatic carbocycles. The quantitative estimate of drug-likeness (QED) is 0.855. The van der Waals surface area contributed by atoms with Crippen molar-refractivity contribution in [1.29, 1.82) is 0 Å². The zero-order valence-corrected chi connectivity index (χ0v) is 10.1. The third-order valence-corrected chi connectivity index (χ3v) is 3.41. The summed E-state index contributed by atoms with van der Waals surface area (Å²) in [4.78, 5) is 8.85. The van der Waals surface area contributed by atoms with E-state index in [2.05, 4.69) is 26.0 Å². The Bertz CT molecular complexity index is 537. The third-order valence-electron chi connectivity index (χ3n) is 3.41. The lowest BCUT2D eigenvalue weighted by atomic mass is 10.2. The highest BCUT2D eigenvalue weighted by Crippen LogP contribution is 2.29. The highest BCUT2D eigenvalue weighted by Gasteiger charge is 2.20. The molecule has 0 bridgehead atoms. The first-order valence-corrected chi connectivity index (χ1v) is 6.16. The number of aryl methyl sites for hydroxylation is 2. The van der Waals surface area contributed by atoms with Gasteiger partial charge < -0.3 is 14.9 Å². The Morgan fingerprint density at radius 2 is 2.29 bits per heavy atom. The van der Waals surface area contributed by atoms with Crippen LogP contribution < -0.4 is 5.73 Å². The van der Waals surface area contributed by atoms with E-state index in [4.69, 9.17) is 5.73 Å². The fourth-order valence-corrected chi connectivity index (χ4v) is 2.47. The monoisotopic (exact) mass is 231 g/mol. The standard InChI is InChI=1S/C12H17N5/c1-2-16-8-14-7-9(16)11-12(13)17-6-4-3-5-10(17)15-11/h7-8H,2-6,13H2,1H3. The van der Waals surface area contributed by atoms with Gasteiger partial charge in [-0.15, -0.1) is 0 Å². The second-order valence-electron chi connectivity index (χ2n) is 4.44. The first-order chi connectivity index (χ1) is 8.31. The van der Waals surface area contributed by atoms with Gasteiger partial charge in [0.25, 0.3) is 0 Å². The Morgan fingerprint density at radius 3 is 3.06 bits per heavy atom. The number of nitrogens with zero attached hydrogens (tertiary/aromatic N) is 4. The number of rotatable bonds is 2. The highest BCUT2D eigenvalue weighted by molar-refractivity contribution is 5.68. The van der Waals surface area contributed by atoms with E-state index in [1.54, 1.807) is 0 Å². The smallest absolute Gasteiger partial charge is 0.133 e. The average Bonchev–Trinajstić information content (AvgIpc) is 2.94. The van der Waals surface area contributed by atoms with E-state index >= 15 is 0 Å². The average molecular weight is 231 g/mol. The van der Waals surface area contributed by atoms with Crippen LogP contribution in [0.3, 0.4) is 0 Å². The fourth-order valence-electron chi connectivity index (χ4n) is 2.47. The van der Waals surface area contributed by atoms with Crippen LogP contribution in [0.5, 0.6) is 0 Å². The van der Waals surface area contributed by atoms with Crippen molar-refractivity contribution in [3.05, 3.63) is 18.3 Å². The molecule has 5 heteroatoms. The molecule has 3 rings (SSSR count). The van der Waals surface area contributed by atoms with E-state index in [9.17, 15) is 0 Å². The molecule has 0 fully saturated rings. The van der Waals surface area contributed by atoms with Crippen LogP contribution in [0.25, 0.3) is 11.4 Å². The second kappa shape index (κ2) is 3.91. The molecule has 1 aliphatic rings. The van der Waals surface area contributed by atoms with Crippen molar-refractivity contribution in [2.24, 2.45) is 0 Å². The predicted octanol–water partition coefficient (Wildman–Crippen LogP) is 1.68. The molecule has 0 atom stereocenters. The molecule has 5 nitrogen and oxygen atoms in total. The van der Waals surface area contributed by atoms with Gasteiger partial charge in [-0.2, -0.15) is 0 Å². The van der Waals surface area contributed by atoms with Gasteiger partial charge in [0, 0.05) is 19.5 Å². The van der Waals surface area contributed by atoms with Gasteiger partial charge in [-0.1, -0.05) is 0 Å². The minimum Gasteiger partial charge on any atom is -0.383 e. The topological polar surface area (TPSA) is 61.7 Å². The van der Waals surface area contributed by atoms with Crippen LogP contribution >= 0.6 is 0 Å². The summed E-state index contributed by atoms with van der Waals surface area (Å²) in [7, 11) is 0. The molecule has 0 saturated heterocycles. The molecule has 0 amide bonds. The molecule has 3 heterocycles. The van der Waals surface area contributed by atoms with Gasteiger partial charge in [0.1, 0.15) is 17.3 Å². The van der Waals surface area contributed by atoms with E-state index in [0.29, 0.717) is 0 Å². The van der Waals surface area contributed by atoms with E-state index in [0.717, 1.165) is 42.5 Å². The van der Waals surface area contributed by atoms with Crippen LogP contribution in [-0.4, -0.2) is 19.1 Å². The molecule has 2 N–H and O–H groups in total. The number of fused-ring (bicyclic) bond motifs is 1. The minimum atomic E-state index is 0.787. The van der Waals surface area contributed by atoms with Crippen molar-refractivity contribution in [3.63, 3.8) is 0 Å². The number of nitrogens with two attached hydrogens (primary N) is 1. The molecule has 1 aliphatic heterocycles. The molecule has 2 aromatic heterocycles. The maximum Gasteiger partial charge on any atom is 0.133 e.